The molecule has 0 aromatic heterocycles. The Morgan fingerprint density at radius 2 is 1.77 bits per heavy atom. The lowest BCUT2D eigenvalue weighted by molar-refractivity contribution is -0.126. The highest BCUT2D eigenvalue weighted by Crippen LogP contribution is 2.26. The minimum absolute atomic E-state index is 0.00923. The van der Waals surface area contributed by atoms with Crippen molar-refractivity contribution in [3.05, 3.63) is 65.7 Å². The molecule has 1 amide bonds. The van der Waals surface area contributed by atoms with E-state index < -0.39 is 10.0 Å². The van der Waals surface area contributed by atoms with Crippen LogP contribution in [0.15, 0.2) is 59.5 Å². The smallest absolute Gasteiger partial charge is 0.244 e. The molecule has 0 unspecified atom stereocenters. The first kappa shape index (κ1) is 22.0. The molecule has 158 valence electrons. The predicted octanol–water partition coefficient (Wildman–Crippen LogP) is 3.10. The minimum atomic E-state index is -3.74. The highest BCUT2D eigenvalue weighted by molar-refractivity contribution is 7.89. The number of piperidine rings is 1. The molecule has 0 radical (unpaired) electrons. The summed E-state index contributed by atoms with van der Waals surface area (Å²) in [5.41, 5.74) is 1.39. The van der Waals surface area contributed by atoms with Crippen LogP contribution in [0, 0.1) is 17.2 Å². The first-order valence-corrected chi connectivity index (χ1v) is 11.7. The van der Waals surface area contributed by atoms with Gasteiger partial charge in [0.15, 0.2) is 0 Å². The Morgan fingerprint density at radius 1 is 1.13 bits per heavy atom. The van der Waals surface area contributed by atoms with Crippen LogP contribution in [0.1, 0.15) is 37.3 Å². The lowest BCUT2D eigenvalue weighted by Gasteiger charge is -2.31. The van der Waals surface area contributed by atoms with Crippen molar-refractivity contribution in [2.24, 2.45) is 5.92 Å². The Hall–Kier alpha value is -2.69. The third-order valence-electron chi connectivity index (χ3n) is 5.55. The maximum atomic E-state index is 12.9. The molecule has 3 rings (SSSR count). The molecule has 1 atom stereocenters. The maximum absolute atomic E-state index is 12.9. The van der Waals surface area contributed by atoms with Gasteiger partial charge in [0.05, 0.1) is 10.5 Å². The van der Waals surface area contributed by atoms with Crippen molar-refractivity contribution in [1.29, 1.82) is 5.26 Å². The maximum Gasteiger partial charge on any atom is 0.244 e. The third-order valence-corrected chi connectivity index (χ3v) is 7.50. The number of nitrogens with one attached hydrogen (secondary N) is 1. The summed E-state index contributed by atoms with van der Waals surface area (Å²) in [7, 11) is -3.74. The Kier molecular flexibility index (Phi) is 7.24. The first-order chi connectivity index (χ1) is 14.4. The van der Waals surface area contributed by atoms with E-state index in [1.807, 2.05) is 31.2 Å². The number of nitrogens with zero attached hydrogens (tertiary/aromatic N) is 2. The Balaban J connectivity index is 1.52. The van der Waals surface area contributed by atoms with Crippen molar-refractivity contribution < 1.29 is 13.2 Å². The van der Waals surface area contributed by atoms with E-state index >= 15 is 0 Å². The Morgan fingerprint density at radius 3 is 2.43 bits per heavy atom. The highest BCUT2D eigenvalue weighted by Gasteiger charge is 2.33. The van der Waals surface area contributed by atoms with Gasteiger partial charge in [-0.2, -0.15) is 9.57 Å². The standard InChI is InChI=1S/C23H27N3O3S/c1-18(11-12-19-7-3-2-4-8-19)25-23(27)20-13-15-26(16-14-20)30(28,29)22-10-6-5-9-21(22)17-24/h2-10,18,20H,11-16H2,1H3,(H,25,27)/t18-/m0/s1. The molecule has 1 aliphatic rings. The quantitative estimate of drug-likeness (QED) is 0.738. The molecular formula is C23H27N3O3S. The summed E-state index contributed by atoms with van der Waals surface area (Å²) in [6.07, 6.45) is 2.71. The van der Waals surface area contributed by atoms with E-state index in [9.17, 15) is 18.5 Å². The summed E-state index contributed by atoms with van der Waals surface area (Å²) in [6.45, 7) is 2.55. The molecule has 2 aromatic rings. The molecule has 1 saturated heterocycles. The number of carbonyl (C=O) groups excluding carboxylic acids is 1. The van der Waals surface area contributed by atoms with Crippen molar-refractivity contribution in [2.45, 2.75) is 43.5 Å². The lowest BCUT2D eigenvalue weighted by atomic mass is 9.96. The number of benzene rings is 2. The van der Waals surface area contributed by atoms with Crippen molar-refractivity contribution in [3.63, 3.8) is 0 Å². The minimum Gasteiger partial charge on any atom is -0.353 e. The van der Waals surface area contributed by atoms with Gasteiger partial charge >= 0.3 is 0 Å². The lowest BCUT2D eigenvalue weighted by Crippen LogP contribution is -2.45. The number of hydrogen-bond donors (Lipinski definition) is 1. The van der Waals surface area contributed by atoms with Crippen molar-refractivity contribution in [2.75, 3.05) is 13.1 Å². The van der Waals surface area contributed by atoms with Gasteiger partial charge in [0.25, 0.3) is 0 Å². The van der Waals surface area contributed by atoms with Gasteiger partial charge in [0, 0.05) is 25.0 Å². The fourth-order valence-corrected chi connectivity index (χ4v) is 5.35. The molecule has 0 aliphatic carbocycles. The van der Waals surface area contributed by atoms with E-state index in [1.165, 1.54) is 22.0 Å². The predicted molar refractivity (Wildman–Crippen MR) is 115 cm³/mol. The summed E-state index contributed by atoms with van der Waals surface area (Å²) in [5.74, 6) is -0.202. The van der Waals surface area contributed by atoms with Crippen LogP contribution >= 0.6 is 0 Å². The number of hydrogen-bond acceptors (Lipinski definition) is 4. The molecular weight excluding hydrogens is 398 g/mol. The number of amides is 1. The van der Waals surface area contributed by atoms with E-state index in [-0.39, 0.29) is 41.4 Å². The molecule has 6 nitrogen and oxygen atoms in total. The second-order valence-electron chi connectivity index (χ2n) is 7.72. The normalized spacial score (nSPS) is 16.5. The molecule has 0 bridgehead atoms. The average molecular weight is 426 g/mol. The molecule has 2 aromatic carbocycles. The van der Waals surface area contributed by atoms with Gasteiger partial charge in [0.2, 0.25) is 15.9 Å². The molecule has 1 aliphatic heterocycles. The van der Waals surface area contributed by atoms with E-state index in [0.29, 0.717) is 12.8 Å². The summed E-state index contributed by atoms with van der Waals surface area (Å²) in [4.78, 5) is 12.7. The summed E-state index contributed by atoms with van der Waals surface area (Å²) < 4.78 is 27.2. The third kappa shape index (κ3) is 5.26. The van der Waals surface area contributed by atoms with Gasteiger partial charge in [-0.15, -0.1) is 0 Å². The second-order valence-corrected chi connectivity index (χ2v) is 9.63. The molecule has 1 N–H and O–H groups in total. The number of nitriles is 1. The zero-order valence-corrected chi connectivity index (χ0v) is 17.9. The van der Waals surface area contributed by atoms with Crippen molar-refractivity contribution in [3.8, 4) is 6.07 Å². The molecule has 1 heterocycles. The topological polar surface area (TPSA) is 90.3 Å². The molecule has 7 heteroatoms. The summed E-state index contributed by atoms with van der Waals surface area (Å²) in [5, 5.41) is 12.3. The van der Waals surface area contributed by atoms with Gasteiger partial charge in [-0.3, -0.25) is 4.79 Å². The number of carbonyl (C=O) groups is 1. The molecule has 0 spiro atoms. The second kappa shape index (κ2) is 9.88. The molecule has 0 saturated carbocycles. The van der Waals surface area contributed by atoms with Crippen LogP contribution in [-0.2, 0) is 21.2 Å². The van der Waals surface area contributed by atoms with Gasteiger partial charge in [-0.05, 0) is 50.3 Å². The first-order valence-electron chi connectivity index (χ1n) is 10.3. The van der Waals surface area contributed by atoms with Crippen LogP contribution < -0.4 is 5.32 Å². The van der Waals surface area contributed by atoms with Crippen LogP contribution in [0.2, 0.25) is 0 Å². The Bertz CT molecular complexity index is 1010. The van der Waals surface area contributed by atoms with Crippen LogP contribution in [0.4, 0.5) is 0 Å². The van der Waals surface area contributed by atoms with Crippen molar-refractivity contribution in [1.82, 2.24) is 9.62 Å². The number of rotatable bonds is 7. The van der Waals surface area contributed by atoms with Gasteiger partial charge in [-0.25, -0.2) is 8.42 Å². The average Bonchev–Trinajstić information content (AvgIpc) is 2.78. The van der Waals surface area contributed by atoms with Gasteiger partial charge in [0.1, 0.15) is 6.07 Å². The molecule has 1 fully saturated rings. The Labute approximate surface area is 178 Å². The largest absolute Gasteiger partial charge is 0.353 e. The molecule has 30 heavy (non-hydrogen) atoms. The van der Waals surface area contributed by atoms with Crippen LogP contribution in [0.5, 0.6) is 0 Å². The SMILES string of the molecule is C[C@@H](CCc1ccccc1)NC(=O)C1CCN(S(=O)(=O)c2ccccc2C#N)CC1. The van der Waals surface area contributed by atoms with E-state index in [2.05, 4.69) is 17.4 Å². The monoisotopic (exact) mass is 425 g/mol. The highest BCUT2D eigenvalue weighted by atomic mass is 32.2. The fraction of sp³-hybridized carbons (Fsp3) is 0.391. The van der Waals surface area contributed by atoms with Gasteiger partial charge in [-0.1, -0.05) is 42.5 Å². The number of aryl methyl sites for hydroxylation is 1. The van der Waals surface area contributed by atoms with Crippen LogP contribution in [0.25, 0.3) is 0 Å². The van der Waals surface area contributed by atoms with E-state index in [4.69, 9.17) is 0 Å². The van der Waals surface area contributed by atoms with Crippen molar-refractivity contribution >= 4 is 15.9 Å². The van der Waals surface area contributed by atoms with Gasteiger partial charge < -0.3 is 5.32 Å². The number of sulfonamides is 1. The van der Waals surface area contributed by atoms with Crippen LogP contribution in [-0.4, -0.2) is 37.8 Å². The zero-order chi connectivity index (χ0) is 21.6. The van der Waals surface area contributed by atoms with Crippen LogP contribution in [0.3, 0.4) is 0 Å². The fourth-order valence-electron chi connectivity index (χ4n) is 3.74. The summed E-state index contributed by atoms with van der Waals surface area (Å²) in [6, 6.07) is 18.4. The zero-order valence-electron chi connectivity index (χ0n) is 17.1. The van der Waals surface area contributed by atoms with E-state index in [0.717, 1.165) is 12.8 Å². The van der Waals surface area contributed by atoms with E-state index in [1.54, 1.807) is 12.1 Å². The summed E-state index contributed by atoms with van der Waals surface area (Å²) >= 11 is 0.